The zero-order chi connectivity index (χ0) is 20.8. The Kier molecular flexibility index (Phi) is 6.08. The third-order valence-electron chi connectivity index (χ3n) is 4.12. The first kappa shape index (κ1) is 19.9. The van der Waals surface area contributed by atoms with E-state index in [0.717, 1.165) is 10.9 Å². The molecule has 3 N–H and O–H groups in total. The molecule has 150 valence electrons. The van der Waals surface area contributed by atoms with Crippen molar-refractivity contribution in [1.29, 1.82) is 0 Å². The van der Waals surface area contributed by atoms with Crippen LogP contribution in [0.3, 0.4) is 0 Å². The van der Waals surface area contributed by atoms with Gasteiger partial charge in [-0.05, 0) is 25.1 Å². The lowest BCUT2D eigenvalue weighted by atomic mass is 10.1. The largest absolute Gasteiger partial charge is 0.459 e. The number of aryl methyl sites for hydroxylation is 1. The van der Waals surface area contributed by atoms with Gasteiger partial charge in [0.1, 0.15) is 6.54 Å². The minimum absolute atomic E-state index is 0.0725. The first-order chi connectivity index (χ1) is 14.0. The fourth-order valence-electron chi connectivity index (χ4n) is 2.79. The van der Waals surface area contributed by atoms with E-state index in [0.29, 0.717) is 11.3 Å². The number of esters is 1. The number of furan rings is 1. The lowest BCUT2D eigenvalue weighted by Crippen LogP contribution is -2.39. The number of carbonyl (C=O) groups is 4. The quantitative estimate of drug-likeness (QED) is 0.388. The zero-order valence-electron chi connectivity index (χ0n) is 15.6. The van der Waals surface area contributed by atoms with Gasteiger partial charge in [0, 0.05) is 22.2 Å². The van der Waals surface area contributed by atoms with Crippen LogP contribution < -0.4 is 10.6 Å². The maximum absolute atomic E-state index is 12.4. The summed E-state index contributed by atoms with van der Waals surface area (Å²) in [5, 5.41) is 5.41. The maximum atomic E-state index is 12.4. The number of hydrogen-bond donors (Lipinski definition) is 3. The summed E-state index contributed by atoms with van der Waals surface area (Å²) in [6.45, 7) is 0.578. The first-order valence-corrected chi connectivity index (χ1v) is 8.80. The second-order valence-corrected chi connectivity index (χ2v) is 6.19. The Balaban J connectivity index is 1.42. The standard InChI is InChI=1S/C20H19N3O6/c1-12-19(13-5-2-3-6-14(13)23-12)15(24)11-29-18(26)10-21-17(25)9-22-20(27)16-7-4-8-28-16/h2-8,23H,9-11H2,1H3,(H,21,25)(H,22,27). The summed E-state index contributed by atoms with van der Waals surface area (Å²) < 4.78 is 9.84. The van der Waals surface area contributed by atoms with Crippen LogP contribution in [0.25, 0.3) is 10.9 Å². The third-order valence-corrected chi connectivity index (χ3v) is 4.12. The Labute approximate surface area is 165 Å². The molecule has 29 heavy (non-hydrogen) atoms. The summed E-state index contributed by atoms with van der Waals surface area (Å²) >= 11 is 0. The SMILES string of the molecule is Cc1[nH]c2ccccc2c1C(=O)COC(=O)CNC(=O)CNC(=O)c1ccco1. The van der Waals surface area contributed by atoms with Crippen molar-refractivity contribution in [1.82, 2.24) is 15.6 Å². The molecule has 0 aliphatic heterocycles. The van der Waals surface area contributed by atoms with E-state index in [1.54, 1.807) is 13.0 Å². The summed E-state index contributed by atoms with van der Waals surface area (Å²) in [6.07, 6.45) is 1.34. The average molecular weight is 397 g/mol. The van der Waals surface area contributed by atoms with E-state index in [9.17, 15) is 19.2 Å². The van der Waals surface area contributed by atoms with Gasteiger partial charge in [-0.2, -0.15) is 0 Å². The molecule has 0 saturated heterocycles. The predicted molar refractivity (Wildman–Crippen MR) is 102 cm³/mol. The lowest BCUT2D eigenvalue weighted by Gasteiger charge is -2.07. The molecular formula is C20H19N3O6. The molecular weight excluding hydrogens is 378 g/mol. The number of aromatic nitrogens is 1. The number of ether oxygens (including phenoxy) is 1. The van der Waals surface area contributed by atoms with E-state index >= 15 is 0 Å². The number of H-pyrrole nitrogens is 1. The Morgan fingerprint density at radius 2 is 1.83 bits per heavy atom. The van der Waals surface area contributed by atoms with Crippen LogP contribution in [0, 0.1) is 6.92 Å². The number of nitrogens with one attached hydrogen (secondary N) is 3. The Morgan fingerprint density at radius 1 is 1.03 bits per heavy atom. The summed E-state index contributed by atoms with van der Waals surface area (Å²) in [5.41, 5.74) is 1.98. The highest BCUT2D eigenvalue weighted by molar-refractivity contribution is 6.10. The summed E-state index contributed by atoms with van der Waals surface area (Å²) in [4.78, 5) is 50.7. The molecule has 9 nitrogen and oxygen atoms in total. The highest BCUT2D eigenvalue weighted by Crippen LogP contribution is 2.22. The molecule has 0 unspecified atom stereocenters. The lowest BCUT2D eigenvalue weighted by molar-refractivity contribution is -0.142. The van der Waals surface area contributed by atoms with Gasteiger partial charge in [0.2, 0.25) is 11.7 Å². The van der Waals surface area contributed by atoms with Gasteiger partial charge in [-0.15, -0.1) is 0 Å². The fraction of sp³-hybridized carbons (Fsp3) is 0.200. The second-order valence-electron chi connectivity index (χ2n) is 6.19. The van der Waals surface area contributed by atoms with Gasteiger partial charge >= 0.3 is 5.97 Å². The van der Waals surface area contributed by atoms with Crippen LogP contribution in [0.2, 0.25) is 0 Å². The van der Waals surface area contributed by atoms with Crippen molar-refractivity contribution in [3.05, 3.63) is 59.7 Å². The molecule has 3 rings (SSSR count). The van der Waals surface area contributed by atoms with Crippen molar-refractivity contribution in [3.63, 3.8) is 0 Å². The van der Waals surface area contributed by atoms with E-state index < -0.39 is 30.9 Å². The number of hydrogen-bond acceptors (Lipinski definition) is 6. The number of ketones is 1. The highest BCUT2D eigenvalue weighted by Gasteiger charge is 2.18. The van der Waals surface area contributed by atoms with Gasteiger partial charge < -0.3 is 24.8 Å². The van der Waals surface area contributed by atoms with Gasteiger partial charge in [-0.3, -0.25) is 19.2 Å². The number of carbonyl (C=O) groups excluding carboxylic acids is 4. The molecule has 2 heterocycles. The molecule has 0 aliphatic carbocycles. The van der Waals surface area contributed by atoms with Crippen LogP contribution in [0.15, 0.2) is 47.1 Å². The van der Waals surface area contributed by atoms with E-state index in [1.807, 2.05) is 24.3 Å². The first-order valence-electron chi connectivity index (χ1n) is 8.80. The number of aromatic amines is 1. The van der Waals surface area contributed by atoms with Crippen LogP contribution in [0.1, 0.15) is 26.6 Å². The van der Waals surface area contributed by atoms with Crippen LogP contribution in [0.4, 0.5) is 0 Å². The van der Waals surface area contributed by atoms with Gasteiger partial charge in [0.05, 0.1) is 12.8 Å². The minimum Gasteiger partial charge on any atom is -0.459 e. The normalized spacial score (nSPS) is 10.5. The monoisotopic (exact) mass is 397 g/mol. The van der Waals surface area contributed by atoms with Crippen LogP contribution >= 0.6 is 0 Å². The van der Waals surface area contributed by atoms with Gasteiger partial charge in [-0.1, -0.05) is 18.2 Å². The second kappa shape index (κ2) is 8.87. The molecule has 0 spiro atoms. The molecule has 0 fully saturated rings. The van der Waals surface area contributed by atoms with Crippen molar-refractivity contribution in [3.8, 4) is 0 Å². The van der Waals surface area contributed by atoms with Gasteiger partial charge in [-0.25, -0.2) is 0 Å². The third kappa shape index (κ3) is 4.89. The average Bonchev–Trinajstić information content (AvgIpc) is 3.35. The Bertz CT molecular complexity index is 1050. The Morgan fingerprint density at radius 3 is 2.59 bits per heavy atom. The molecule has 3 aromatic rings. The summed E-state index contributed by atoms with van der Waals surface area (Å²) in [5.74, 6) is -2.16. The number of Topliss-reactive ketones (excluding diaryl/α,β-unsaturated/α-hetero) is 1. The number of fused-ring (bicyclic) bond motifs is 1. The van der Waals surface area contributed by atoms with E-state index in [2.05, 4.69) is 15.6 Å². The molecule has 2 amide bonds. The van der Waals surface area contributed by atoms with Crippen molar-refractivity contribution in [2.24, 2.45) is 0 Å². The topological polar surface area (TPSA) is 130 Å². The summed E-state index contributed by atoms with van der Waals surface area (Å²) in [7, 11) is 0. The van der Waals surface area contributed by atoms with Crippen LogP contribution in [0.5, 0.6) is 0 Å². The molecule has 2 aromatic heterocycles. The van der Waals surface area contributed by atoms with E-state index in [-0.39, 0.29) is 18.1 Å². The number of para-hydroxylation sites is 1. The molecule has 0 aliphatic rings. The van der Waals surface area contributed by atoms with Crippen molar-refractivity contribution in [2.75, 3.05) is 19.7 Å². The number of amides is 2. The predicted octanol–water partition coefficient (Wildman–Crippen LogP) is 1.34. The zero-order valence-corrected chi connectivity index (χ0v) is 15.6. The smallest absolute Gasteiger partial charge is 0.325 e. The number of rotatable bonds is 8. The molecule has 0 bridgehead atoms. The minimum atomic E-state index is -0.762. The molecule has 1 aromatic carbocycles. The van der Waals surface area contributed by atoms with E-state index in [1.165, 1.54) is 12.3 Å². The Hall–Kier alpha value is -3.88. The molecule has 9 heteroatoms. The fourth-order valence-corrected chi connectivity index (χ4v) is 2.79. The van der Waals surface area contributed by atoms with Crippen LogP contribution in [-0.2, 0) is 14.3 Å². The van der Waals surface area contributed by atoms with Crippen molar-refractivity contribution in [2.45, 2.75) is 6.92 Å². The molecule has 0 saturated carbocycles. The van der Waals surface area contributed by atoms with Gasteiger partial charge in [0.15, 0.2) is 12.4 Å². The number of benzene rings is 1. The summed E-state index contributed by atoms with van der Waals surface area (Å²) in [6, 6.07) is 10.3. The van der Waals surface area contributed by atoms with Crippen molar-refractivity contribution < 1.29 is 28.3 Å². The van der Waals surface area contributed by atoms with Gasteiger partial charge in [0.25, 0.3) is 5.91 Å². The highest BCUT2D eigenvalue weighted by atomic mass is 16.5. The maximum Gasteiger partial charge on any atom is 0.325 e. The van der Waals surface area contributed by atoms with Crippen molar-refractivity contribution >= 4 is 34.5 Å². The molecule has 0 radical (unpaired) electrons. The van der Waals surface area contributed by atoms with Crippen LogP contribution in [-0.4, -0.2) is 48.2 Å². The molecule has 0 atom stereocenters. The van der Waals surface area contributed by atoms with E-state index in [4.69, 9.17) is 9.15 Å².